The summed E-state index contributed by atoms with van der Waals surface area (Å²) in [6.07, 6.45) is 11.2. The monoisotopic (exact) mass is 326 g/mol. The van der Waals surface area contributed by atoms with E-state index in [0.29, 0.717) is 13.0 Å². The number of unbranched alkanes of at least 4 members (excludes halogenated alkanes) is 8. The zero-order valence-corrected chi connectivity index (χ0v) is 14.6. The highest BCUT2D eigenvalue weighted by Crippen LogP contribution is 2.16. The highest BCUT2D eigenvalue weighted by atomic mass is 16.4. The Morgan fingerprint density at radius 3 is 2.13 bits per heavy atom. The van der Waals surface area contributed by atoms with Crippen molar-refractivity contribution in [2.24, 2.45) is 5.92 Å². The van der Waals surface area contributed by atoms with Crippen molar-refractivity contribution in [2.45, 2.75) is 77.2 Å². The summed E-state index contributed by atoms with van der Waals surface area (Å²) in [5.41, 5.74) is 0. The van der Waals surface area contributed by atoms with Gasteiger partial charge in [-0.05, 0) is 6.42 Å². The van der Waals surface area contributed by atoms with E-state index in [4.69, 9.17) is 0 Å². The fourth-order valence-electron chi connectivity index (χ4n) is 3.14. The van der Waals surface area contributed by atoms with E-state index in [1.54, 1.807) is 0 Å². The molecule has 0 radical (unpaired) electrons. The van der Waals surface area contributed by atoms with Crippen LogP contribution >= 0.6 is 0 Å². The van der Waals surface area contributed by atoms with Crippen LogP contribution in [0.3, 0.4) is 0 Å². The lowest BCUT2D eigenvalue weighted by atomic mass is 9.91. The molecule has 3 N–H and O–H groups in total. The lowest BCUT2D eigenvalue weighted by Gasteiger charge is -2.25. The van der Waals surface area contributed by atoms with E-state index < -0.39 is 11.9 Å². The summed E-state index contributed by atoms with van der Waals surface area (Å²) >= 11 is 0. The number of carboxylic acid groups (broad SMARTS) is 1. The Labute approximate surface area is 140 Å². The van der Waals surface area contributed by atoms with Crippen LogP contribution in [0.5, 0.6) is 0 Å². The maximum absolute atomic E-state index is 12.3. The van der Waals surface area contributed by atoms with Crippen molar-refractivity contribution in [3.63, 3.8) is 0 Å². The molecular weight excluding hydrogens is 292 g/mol. The van der Waals surface area contributed by atoms with Crippen molar-refractivity contribution in [3.05, 3.63) is 0 Å². The molecule has 5 nitrogen and oxygen atoms in total. The van der Waals surface area contributed by atoms with Gasteiger partial charge in [0.15, 0.2) is 5.78 Å². The van der Waals surface area contributed by atoms with E-state index in [-0.39, 0.29) is 11.8 Å². The van der Waals surface area contributed by atoms with Gasteiger partial charge in [-0.15, -0.1) is 0 Å². The summed E-state index contributed by atoms with van der Waals surface area (Å²) < 4.78 is 0. The van der Waals surface area contributed by atoms with E-state index in [0.717, 1.165) is 32.4 Å². The number of nitrogens with one attached hydrogen (secondary N) is 2. The molecule has 0 bridgehead atoms. The molecule has 0 aromatic carbocycles. The number of hydrogen-bond donors (Lipinski definition) is 3. The van der Waals surface area contributed by atoms with Gasteiger partial charge in [0.1, 0.15) is 5.92 Å². The Morgan fingerprint density at radius 2 is 1.61 bits per heavy atom. The Kier molecular flexibility index (Phi) is 10.9. The summed E-state index contributed by atoms with van der Waals surface area (Å²) in [5.74, 6) is -1.98. The third kappa shape index (κ3) is 8.47. The number of Topliss-reactive ketones (excluding diaryl/α,β-unsaturated/α-hetero) is 1. The van der Waals surface area contributed by atoms with Gasteiger partial charge < -0.3 is 15.7 Å². The molecule has 0 aromatic rings. The molecule has 0 unspecified atom stereocenters. The molecule has 0 spiro atoms. The van der Waals surface area contributed by atoms with Gasteiger partial charge in [0, 0.05) is 19.6 Å². The van der Waals surface area contributed by atoms with Gasteiger partial charge in [-0.25, -0.2) is 0 Å². The average molecular weight is 326 g/mol. The second-order valence-corrected chi connectivity index (χ2v) is 6.62. The summed E-state index contributed by atoms with van der Waals surface area (Å²) in [6, 6.07) is -0.344. The summed E-state index contributed by atoms with van der Waals surface area (Å²) in [4.78, 5) is 23.7. The minimum atomic E-state index is -0.970. The van der Waals surface area contributed by atoms with Crippen LogP contribution in [0.15, 0.2) is 0 Å². The molecule has 0 saturated carbocycles. The minimum Gasteiger partial charge on any atom is -0.481 e. The predicted molar refractivity (Wildman–Crippen MR) is 92.6 cm³/mol. The van der Waals surface area contributed by atoms with Crippen molar-refractivity contribution in [1.82, 2.24) is 10.6 Å². The first kappa shape index (κ1) is 20.1. The molecule has 1 saturated heterocycles. The predicted octanol–water partition coefficient (Wildman–Crippen LogP) is 2.74. The number of aliphatic carboxylic acids is 1. The van der Waals surface area contributed by atoms with Crippen LogP contribution in [0.4, 0.5) is 0 Å². The first-order valence-corrected chi connectivity index (χ1v) is 9.37. The molecule has 1 rings (SSSR count). The van der Waals surface area contributed by atoms with Crippen molar-refractivity contribution < 1.29 is 14.7 Å². The number of carbonyl (C=O) groups is 2. The molecular formula is C18H34N2O3. The first-order valence-electron chi connectivity index (χ1n) is 9.37. The highest BCUT2D eigenvalue weighted by molar-refractivity contribution is 6.01. The van der Waals surface area contributed by atoms with Crippen LogP contribution in [0, 0.1) is 5.92 Å². The second kappa shape index (κ2) is 12.5. The lowest BCUT2D eigenvalue weighted by Crippen LogP contribution is -2.54. The maximum atomic E-state index is 12.3. The molecule has 1 fully saturated rings. The van der Waals surface area contributed by atoms with Gasteiger partial charge in [-0.1, -0.05) is 64.7 Å². The third-order valence-corrected chi connectivity index (χ3v) is 4.62. The lowest BCUT2D eigenvalue weighted by molar-refractivity contribution is -0.147. The minimum absolute atomic E-state index is 0.163. The second-order valence-electron chi connectivity index (χ2n) is 6.62. The van der Waals surface area contributed by atoms with Crippen molar-refractivity contribution in [2.75, 3.05) is 19.6 Å². The Bertz CT molecular complexity index is 341. The molecule has 134 valence electrons. The summed E-state index contributed by atoms with van der Waals surface area (Å²) in [5, 5.41) is 15.6. The van der Waals surface area contributed by atoms with Crippen molar-refractivity contribution in [3.8, 4) is 0 Å². The van der Waals surface area contributed by atoms with Gasteiger partial charge in [0.2, 0.25) is 0 Å². The Morgan fingerprint density at radius 1 is 1.00 bits per heavy atom. The van der Waals surface area contributed by atoms with Crippen LogP contribution in [0.2, 0.25) is 0 Å². The number of carboxylic acids is 1. The molecule has 0 aromatic heterocycles. The fraction of sp³-hybridized carbons (Fsp3) is 0.889. The van der Waals surface area contributed by atoms with Crippen LogP contribution < -0.4 is 10.6 Å². The topological polar surface area (TPSA) is 78.4 Å². The van der Waals surface area contributed by atoms with E-state index in [1.807, 2.05) is 0 Å². The molecule has 0 aliphatic carbocycles. The smallest absolute Gasteiger partial charge is 0.314 e. The zero-order chi connectivity index (χ0) is 16.9. The summed E-state index contributed by atoms with van der Waals surface area (Å²) in [6.45, 7) is 4.32. The normalized spacial score (nSPS) is 19.4. The molecule has 1 heterocycles. The maximum Gasteiger partial charge on any atom is 0.314 e. The number of ketones is 1. The van der Waals surface area contributed by atoms with Crippen LogP contribution in [-0.2, 0) is 9.59 Å². The molecule has 5 heteroatoms. The van der Waals surface area contributed by atoms with E-state index in [1.165, 1.54) is 38.5 Å². The summed E-state index contributed by atoms with van der Waals surface area (Å²) in [7, 11) is 0. The number of hydrogen-bond acceptors (Lipinski definition) is 4. The van der Waals surface area contributed by atoms with Crippen LogP contribution in [-0.4, -0.2) is 42.5 Å². The van der Waals surface area contributed by atoms with Gasteiger partial charge in [0.05, 0.1) is 6.04 Å². The number of carbonyl (C=O) groups excluding carboxylic acids is 1. The third-order valence-electron chi connectivity index (χ3n) is 4.62. The standard InChI is InChI=1S/C18H34N2O3/c1-2-3-4-5-6-7-8-9-10-11-15(18(22)23)17(21)16-14-19-12-13-20-16/h15-16,19-20H,2-14H2,1H3,(H,22,23)/t15-,16+/m1/s1. The zero-order valence-electron chi connectivity index (χ0n) is 14.6. The average Bonchev–Trinajstić information content (AvgIpc) is 2.56. The SMILES string of the molecule is CCCCCCCCCCC[C@@H](C(=O)O)C(=O)[C@@H]1CNCCN1. The van der Waals surface area contributed by atoms with E-state index in [2.05, 4.69) is 17.6 Å². The quantitative estimate of drug-likeness (QED) is 0.358. The molecule has 23 heavy (non-hydrogen) atoms. The van der Waals surface area contributed by atoms with E-state index >= 15 is 0 Å². The Balaban J connectivity index is 2.15. The van der Waals surface area contributed by atoms with Gasteiger partial charge in [-0.2, -0.15) is 0 Å². The molecule has 1 aliphatic rings. The van der Waals surface area contributed by atoms with Gasteiger partial charge >= 0.3 is 5.97 Å². The largest absolute Gasteiger partial charge is 0.481 e. The number of piperazine rings is 1. The van der Waals surface area contributed by atoms with Crippen molar-refractivity contribution >= 4 is 11.8 Å². The molecule has 0 amide bonds. The van der Waals surface area contributed by atoms with Crippen LogP contribution in [0.1, 0.15) is 71.1 Å². The Hall–Kier alpha value is -0.940. The van der Waals surface area contributed by atoms with Gasteiger partial charge in [-0.3, -0.25) is 9.59 Å². The fourth-order valence-corrected chi connectivity index (χ4v) is 3.14. The molecule has 1 aliphatic heterocycles. The van der Waals surface area contributed by atoms with Crippen molar-refractivity contribution in [1.29, 1.82) is 0 Å². The molecule has 2 atom stereocenters. The van der Waals surface area contributed by atoms with E-state index in [9.17, 15) is 14.7 Å². The van der Waals surface area contributed by atoms with Gasteiger partial charge in [0.25, 0.3) is 0 Å². The van der Waals surface area contributed by atoms with Crippen LogP contribution in [0.25, 0.3) is 0 Å². The first-order chi connectivity index (χ1) is 11.2. The number of rotatable bonds is 13. The highest BCUT2D eigenvalue weighted by Gasteiger charge is 2.32.